The molecule has 9 heteroatoms. The van der Waals surface area contributed by atoms with E-state index in [2.05, 4.69) is 4.98 Å². The number of imidazole rings is 1. The predicted octanol–water partition coefficient (Wildman–Crippen LogP) is 4.39. The molecule has 188 valence electrons. The van der Waals surface area contributed by atoms with Gasteiger partial charge >= 0.3 is 5.69 Å². The number of aromatic nitrogens is 5. The maximum atomic E-state index is 14.5. The average molecular weight is 492 g/mol. The molecule has 3 aromatic heterocycles. The first-order valence-corrected chi connectivity index (χ1v) is 12.5. The number of hydrogen-bond acceptors (Lipinski definition) is 5. The van der Waals surface area contributed by atoms with Crippen molar-refractivity contribution in [1.29, 1.82) is 0 Å². The first-order valence-electron chi connectivity index (χ1n) is 12.5. The molecule has 1 saturated carbocycles. The van der Waals surface area contributed by atoms with Crippen LogP contribution in [0, 0.1) is 11.7 Å². The number of ether oxygens (including phenoxy) is 1. The first kappa shape index (κ1) is 24.0. The van der Waals surface area contributed by atoms with Crippen molar-refractivity contribution in [1.82, 2.24) is 23.7 Å². The highest BCUT2D eigenvalue weighted by molar-refractivity contribution is 5.78. The normalized spacial score (nSPS) is 13.6. The van der Waals surface area contributed by atoms with Gasteiger partial charge in [0.1, 0.15) is 11.6 Å². The lowest BCUT2D eigenvalue weighted by Crippen LogP contribution is -2.41. The van der Waals surface area contributed by atoms with E-state index in [9.17, 15) is 14.0 Å². The van der Waals surface area contributed by atoms with Gasteiger partial charge in [0.25, 0.3) is 5.56 Å². The molecule has 1 aromatic carbocycles. The fraction of sp³-hybridized carbons (Fsp3) is 0.407. The SMILES string of the molecule is CCCn1c(=O)c2c(nc(-c3cc(F)cnc3OCC3CC3)n2Cc2ccccc2)n(C(C)C)c1=O. The van der Waals surface area contributed by atoms with Crippen LogP contribution in [0.3, 0.4) is 0 Å². The van der Waals surface area contributed by atoms with E-state index >= 15 is 0 Å². The summed E-state index contributed by atoms with van der Waals surface area (Å²) in [5, 5.41) is 0. The van der Waals surface area contributed by atoms with Crippen LogP contribution in [0.1, 0.15) is 51.6 Å². The van der Waals surface area contributed by atoms with Gasteiger partial charge in [-0.15, -0.1) is 0 Å². The zero-order chi connectivity index (χ0) is 25.4. The molecule has 1 fully saturated rings. The number of pyridine rings is 1. The smallest absolute Gasteiger partial charge is 0.332 e. The quantitative estimate of drug-likeness (QED) is 0.347. The van der Waals surface area contributed by atoms with Crippen LogP contribution >= 0.6 is 0 Å². The van der Waals surface area contributed by atoms with Crippen molar-refractivity contribution in [2.24, 2.45) is 5.92 Å². The first-order chi connectivity index (χ1) is 17.4. The lowest BCUT2D eigenvalue weighted by Gasteiger charge is -2.15. The van der Waals surface area contributed by atoms with Crippen molar-refractivity contribution in [2.75, 3.05) is 6.61 Å². The number of halogens is 1. The van der Waals surface area contributed by atoms with E-state index in [4.69, 9.17) is 9.72 Å². The molecule has 0 aliphatic heterocycles. The Labute approximate surface area is 208 Å². The van der Waals surface area contributed by atoms with Crippen molar-refractivity contribution >= 4 is 11.2 Å². The van der Waals surface area contributed by atoms with Gasteiger partial charge in [0, 0.05) is 19.1 Å². The van der Waals surface area contributed by atoms with E-state index in [1.807, 2.05) is 51.1 Å². The average Bonchev–Trinajstić information content (AvgIpc) is 3.62. The molecule has 3 heterocycles. The van der Waals surface area contributed by atoms with Gasteiger partial charge in [-0.05, 0) is 50.7 Å². The Morgan fingerprint density at radius 3 is 2.56 bits per heavy atom. The van der Waals surface area contributed by atoms with Gasteiger partial charge < -0.3 is 9.30 Å². The molecule has 0 saturated heterocycles. The van der Waals surface area contributed by atoms with E-state index < -0.39 is 17.1 Å². The van der Waals surface area contributed by atoms with Crippen LogP contribution in [0.4, 0.5) is 4.39 Å². The summed E-state index contributed by atoms with van der Waals surface area (Å²) < 4.78 is 25.0. The van der Waals surface area contributed by atoms with Gasteiger partial charge in [0.05, 0.1) is 18.4 Å². The molecule has 4 aromatic rings. The van der Waals surface area contributed by atoms with Crippen molar-refractivity contribution < 1.29 is 9.13 Å². The van der Waals surface area contributed by atoms with Crippen LogP contribution in [-0.2, 0) is 13.1 Å². The molecule has 0 unspecified atom stereocenters. The second-order valence-electron chi connectivity index (χ2n) is 9.64. The molecule has 0 atom stereocenters. The third-order valence-corrected chi connectivity index (χ3v) is 6.42. The summed E-state index contributed by atoms with van der Waals surface area (Å²) in [6.07, 6.45) is 3.95. The van der Waals surface area contributed by atoms with Gasteiger partial charge in [0.2, 0.25) is 5.88 Å². The fourth-order valence-corrected chi connectivity index (χ4v) is 4.45. The molecular formula is C27H30FN5O3. The van der Waals surface area contributed by atoms with Crippen molar-refractivity contribution in [3.63, 3.8) is 0 Å². The van der Waals surface area contributed by atoms with E-state index in [1.54, 1.807) is 4.57 Å². The Morgan fingerprint density at radius 1 is 1.14 bits per heavy atom. The van der Waals surface area contributed by atoms with Gasteiger partial charge in [0.15, 0.2) is 11.2 Å². The third kappa shape index (κ3) is 4.45. The minimum Gasteiger partial charge on any atom is -0.477 e. The maximum Gasteiger partial charge on any atom is 0.332 e. The van der Waals surface area contributed by atoms with E-state index in [-0.39, 0.29) is 17.6 Å². The van der Waals surface area contributed by atoms with Crippen LogP contribution in [-0.4, -0.2) is 30.3 Å². The summed E-state index contributed by atoms with van der Waals surface area (Å²) in [7, 11) is 0. The van der Waals surface area contributed by atoms with Gasteiger partial charge in [-0.2, -0.15) is 0 Å². The molecule has 1 aliphatic carbocycles. The van der Waals surface area contributed by atoms with Crippen molar-refractivity contribution in [3.05, 3.63) is 74.8 Å². The number of fused-ring (bicyclic) bond motifs is 1. The topological polar surface area (TPSA) is 83.9 Å². The summed E-state index contributed by atoms with van der Waals surface area (Å²) in [5.41, 5.74) is 1.05. The molecular weight excluding hydrogens is 461 g/mol. The third-order valence-electron chi connectivity index (χ3n) is 6.42. The molecule has 36 heavy (non-hydrogen) atoms. The Kier molecular flexibility index (Phi) is 6.47. The molecule has 8 nitrogen and oxygen atoms in total. The number of nitrogens with zero attached hydrogens (tertiary/aromatic N) is 5. The number of benzene rings is 1. The number of hydrogen-bond donors (Lipinski definition) is 0. The lowest BCUT2D eigenvalue weighted by molar-refractivity contribution is 0.289. The molecule has 0 N–H and O–H groups in total. The second kappa shape index (κ2) is 9.72. The Morgan fingerprint density at radius 2 is 1.89 bits per heavy atom. The van der Waals surface area contributed by atoms with E-state index in [0.29, 0.717) is 48.9 Å². The minimum absolute atomic E-state index is 0.243. The second-order valence-corrected chi connectivity index (χ2v) is 9.64. The summed E-state index contributed by atoms with van der Waals surface area (Å²) in [6, 6.07) is 10.7. The maximum absolute atomic E-state index is 14.5. The zero-order valence-electron chi connectivity index (χ0n) is 20.8. The summed E-state index contributed by atoms with van der Waals surface area (Å²) >= 11 is 0. The lowest BCUT2D eigenvalue weighted by atomic mass is 10.2. The molecule has 0 bridgehead atoms. The monoisotopic (exact) mass is 491 g/mol. The van der Waals surface area contributed by atoms with Crippen LogP contribution < -0.4 is 16.0 Å². The van der Waals surface area contributed by atoms with Crippen LogP contribution in [0.5, 0.6) is 5.88 Å². The van der Waals surface area contributed by atoms with Gasteiger partial charge in [-0.1, -0.05) is 37.3 Å². The van der Waals surface area contributed by atoms with Crippen LogP contribution in [0.15, 0.2) is 52.2 Å². The molecule has 5 rings (SSSR count). The van der Waals surface area contributed by atoms with Crippen LogP contribution in [0.2, 0.25) is 0 Å². The summed E-state index contributed by atoms with van der Waals surface area (Å²) in [6.45, 7) is 6.78. The Hall–Kier alpha value is -3.75. The van der Waals surface area contributed by atoms with Gasteiger partial charge in [-0.25, -0.2) is 19.2 Å². The van der Waals surface area contributed by atoms with E-state index in [0.717, 1.165) is 24.6 Å². The van der Waals surface area contributed by atoms with Crippen molar-refractivity contribution in [2.45, 2.75) is 59.2 Å². The minimum atomic E-state index is -0.535. The van der Waals surface area contributed by atoms with E-state index in [1.165, 1.54) is 15.2 Å². The fourth-order valence-electron chi connectivity index (χ4n) is 4.45. The highest BCUT2D eigenvalue weighted by atomic mass is 19.1. The standard InChI is InChI=1S/C27H30FN5O3/c1-4-12-31-26(34)22-24(33(17(2)3)27(31)35)30-23(32(22)15-18-8-6-5-7-9-18)21-13-20(28)14-29-25(21)36-16-19-10-11-19/h5-9,13-14,17,19H,4,10-12,15-16H2,1-3H3. The van der Waals surface area contributed by atoms with Crippen LogP contribution in [0.25, 0.3) is 22.6 Å². The largest absolute Gasteiger partial charge is 0.477 e. The summed E-state index contributed by atoms with van der Waals surface area (Å²) in [4.78, 5) is 36.1. The highest BCUT2D eigenvalue weighted by Gasteiger charge is 2.27. The molecule has 0 amide bonds. The Bertz CT molecular complexity index is 1520. The van der Waals surface area contributed by atoms with Crippen molar-refractivity contribution in [3.8, 4) is 17.3 Å². The molecule has 1 aliphatic rings. The zero-order valence-corrected chi connectivity index (χ0v) is 20.8. The Balaban J connectivity index is 1.82. The molecule has 0 spiro atoms. The van der Waals surface area contributed by atoms with Gasteiger partial charge in [-0.3, -0.25) is 13.9 Å². The number of rotatable bonds is 9. The highest BCUT2D eigenvalue weighted by Crippen LogP contribution is 2.34. The molecule has 0 radical (unpaired) electrons. The predicted molar refractivity (Wildman–Crippen MR) is 136 cm³/mol. The summed E-state index contributed by atoms with van der Waals surface area (Å²) in [5.74, 6) is 0.541.